The highest BCUT2D eigenvalue weighted by atomic mass is 35.5. The second-order valence-corrected chi connectivity index (χ2v) is 8.08. The maximum absolute atomic E-state index is 11.1. The Morgan fingerprint density at radius 1 is 1.29 bits per heavy atom. The summed E-state index contributed by atoms with van der Waals surface area (Å²) in [6.45, 7) is 4.63. The zero-order valence-electron chi connectivity index (χ0n) is 13.8. The van der Waals surface area contributed by atoms with Gasteiger partial charge in [0.05, 0.1) is 10.9 Å². The van der Waals surface area contributed by atoms with Crippen LogP contribution in [0.1, 0.15) is 30.4 Å². The number of hydrogen-bond acceptors (Lipinski definition) is 4. The van der Waals surface area contributed by atoms with Crippen LogP contribution in [0.5, 0.6) is 0 Å². The second-order valence-electron chi connectivity index (χ2n) is 5.87. The Labute approximate surface area is 156 Å². The second kappa shape index (κ2) is 8.10. The van der Waals surface area contributed by atoms with E-state index < -0.39 is 12.2 Å². The van der Waals surface area contributed by atoms with Crippen LogP contribution in [0.15, 0.2) is 30.3 Å². The molecule has 0 fully saturated rings. The average molecular weight is 387 g/mol. The molecule has 0 aliphatic carbocycles. The van der Waals surface area contributed by atoms with E-state index in [1.165, 1.54) is 4.88 Å². The summed E-state index contributed by atoms with van der Waals surface area (Å²) in [5.74, 6) is 0.0619. The fourth-order valence-corrected chi connectivity index (χ4v) is 3.85. The van der Waals surface area contributed by atoms with Crippen LogP contribution in [-0.4, -0.2) is 13.1 Å². The van der Waals surface area contributed by atoms with E-state index >= 15 is 0 Å². The number of rotatable bonds is 6. The van der Waals surface area contributed by atoms with Crippen molar-refractivity contribution in [3.05, 3.63) is 50.1 Å². The number of nitrogens with two attached hydrogens (primary N) is 1. The van der Waals surface area contributed by atoms with Gasteiger partial charge in [-0.1, -0.05) is 43.1 Å². The van der Waals surface area contributed by atoms with Crippen LogP contribution < -0.4 is 10.6 Å². The van der Waals surface area contributed by atoms with Crippen molar-refractivity contribution in [2.24, 2.45) is 11.7 Å². The van der Waals surface area contributed by atoms with Crippen molar-refractivity contribution in [1.29, 1.82) is 0 Å². The molecule has 0 saturated carbocycles. The third-order valence-corrected chi connectivity index (χ3v) is 5.15. The van der Waals surface area contributed by atoms with E-state index in [0.717, 1.165) is 22.1 Å². The number of carbonyl (C=O) groups is 1. The highest BCUT2D eigenvalue weighted by Gasteiger charge is 2.22. The van der Waals surface area contributed by atoms with Gasteiger partial charge in [0.2, 0.25) is 0 Å². The summed E-state index contributed by atoms with van der Waals surface area (Å²) in [6, 6.07) is 9.60. The molecule has 0 aliphatic heterocycles. The molecule has 1 unspecified atom stereocenters. The van der Waals surface area contributed by atoms with Crippen LogP contribution in [0, 0.1) is 5.92 Å². The molecule has 1 atom stereocenters. The minimum absolute atomic E-state index is 0.0619. The van der Waals surface area contributed by atoms with Crippen LogP contribution in [-0.2, 0) is 11.3 Å². The molecule has 2 rings (SSSR count). The Morgan fingerprint density at radius 3 is 2.50 bits per heavy atom. The first-order chi connectivity index (χ1) is 11.3. The summed E-state index contributed by atoms with van der Waals surface area (Å²) in [4.78, 5) is 14.4. The lowest BCUT2D eigenvalue weighted by atomic mass is 9.98. The topological polar surface area (TPSA) is 55.6 Å². The summed E-state index contributed by atoms with van der Waals surface area (Å²) < 4.78 is 5.98. The summed E-state index contributed by atoms with van der Waals surface area (Å²) in [6.07, 6.45) is -1.27. The van der Waals surface area contributed by atoms with Crippen LogP contribution in [0.3, 0.4) is 0 Å². The molecule has 4 nitrogen and oxygen atoms in total. The smallest absolute Gasteiger partial charge is 0.405 e. The molecule has 0 aliphatic rings. The molecule has 0 bridgehead atoms. The van der Waals surface area contributed by atoms with E-state index in [1.807, 2.05) is 51.2 Å². The maximum atomic E-state index is 11.1. The summed E-state index contributed by atoms with van der Waals surface area (Å²) in [7, 11) is 1.98. The van der Waals surface area contributed by atoms with Crippen molar-refractivity contribution in [1.82, 2.24) is 0 Å². The SMILES string of the molecule is CC(C)C(OC(N)=O)c1ccc(N(C)Cc2ccc(Cl)s2)cc1Cl. The Balaban J connectivity index is 2.20. The van der Waals surface area contributed by atoms with Gasteiger partial charge in [-0.2, -0.15) is 0 Å². The standard InChI is InChI=1S/C17H20Cl2N2O2S/c1-10(2)16(23-17(20)22)13-6-4-11(8-14(13)18)21(3)9-12-5-7-15(19)24-12/h4-8,10,16H,9H2,1-3H3,(H2,20,22). The molecule has 0 radical (unpaired) electrons. The van der Waals surface area contributed by atoms with Crippen LogP contribution in [0.2, 0.25) is 9.36 Å². The lowest BCUT2D eigenvalue weighted by Crippen LogP contribution is -2.21. The molecular formula is C17H20Cl2N2O2S. The number of hydrogen-bond donors (Lipinski definition) is 1. The third kappa shape index (κ3) is 4.79. The predicted molar refractivity (Wildman–Crippen MR) is 101 cm³/mol. The van der Waals surface area contributed by atoms with Crippen molar-refractivity contribution in [3.8, 4) is 0 Å². The van der Waals surface area contributed by atoms with E-state index in [9.17, 15) is 4.79 Å². The van der Waals surface area contributed by atoms with Gasteiger partial charge in [-0.15, -0.1) is 11.3 Å². The van der Waals surface area contributed by atoms with Crippen molar-refractivity contribution < 1.29 is 9.53 Å². The zero-order valence-corrected chi connectivity index (χ0v) is 16.1. The Hall–Kier alpha value is -1.43. The fraction of sp³-hybridized carbons (Fsp3) is 0.353. The molecule has 2 N–H and O–H groups in total. The lowest BCUT2D eigenvalue weighted by Gasteiger charge is -2.24. The monoisotopic (exact) mass is 386 g/mol. The molecule has 0 saturated heterocycles. The van der Waals surface area contributed by atoms with Gasteiger partial charge in [0.15, 0.2) is 0 Å². The van der Waals surface area contributed by atoms with Gasteiger partial charge in [0.25, 0.3) is 0 Å². The number of amides is 1. The lowest BCUT2D eigenvalue weighted by molar-refractivity contribution is 0.0785. The maximum Gasteiger partial charge on any atom is 0.405 e. The van der Waals surface area contributed by atoms with Crippen molar-refractivity contribution >= 4 is 46.3 Å². The molecule has 7 heteroatoms. The molecule has 1 aromatic heterocycles. The van der Waals surface area contributed by atoms with E-state index in [4.69, 9.17) is 33.7 Å². The minimum Gasteiger partial charge on any atom is -0.441 e. The van der Waals surface area contributed by atoms with Gasteiger partial charge in [0, 0.05) is 28.2 Å². The molecule has 2 aromatic rings. The Kier molecular flexibility index (Phi) is 6.38. The fourth-order valence-electron chi connectivity index (χ4n) is 2.43. The number of benzene rings is 1. The first-order valence-corrected chi connectivity index (χ1v) is 9.06. The van der Waals surface area contributed by atoms with Gasteiger partial charge < -0.3 is 15.4 Å². The highest BCUT2D eigenvalue weighted by Crippen LogP contribution is 2.34. The molecule has 1 aromatic carbocycles. The molecule has 1 heterocycles. The van der Waals surface area contributed by atoms with Gasteiger partial charge in [-0.3, -0.25) is 0 Å². The molecule has 1 amide bonds. The summed E-state index contributed by atoms with van der Waals surface area (Å²) in [5, 5.41) is 0.545. The van der Waals surface area contributed by atoms with Gasteiger partial charge in [-0.05, 0) is 30.2 Å². The highest BCUT2D eigenvalue weighted by molar-refractivity contribution is 7.16. The summed E-state index contributed by atoms with van der Waals surface area (Å²) >= 11 is 13.9. The van der Waals surface area contributed by atoms with E-state index in [2.05, 4.69) is 4.90 Å². The van der Waals surface area contributed by atoms with Gasteiger partial charge in [0.1, 0.15) is 6.10 Å². The normalized spacial score (nSPS) is 12.2. The van der Waals surface area contributed by atoms with E-state index in [1.54, 1.807) is 11.3 Å². The number of ether oxygens (including phenoxy) is 1. The first kappa shape index (κ1) is 18.9. The van der Waals surface area contributed by atoms with Crippen LogP contribution in [0.4, 0.5) is 10.5 Å². The number of primary amides is 1. The van der Waals surface area contributed by atoms with Crippen LogP contribution >= 0.6 is 34.5 Å². The summed E-state index contributed by atoms with van der Waals surface area (Å²) in [5.41, 5.74) is 6.88. The van der Waals surface area contributed by atoms with Gasteiger partial charge in [-0.25, -0.2) is 4.79 Å². The largest absolute Gasteiger partial charge is 0.441 e. The third-order valence-electron chi connectivity index (χ3n) is 3.60. The number of anilines is 1. The van der Waals surface area contributed by atoms with Gasteiger partial charge >= 0.3 is 6.09 Å². The number of carbonyl (C=O) groups excluding carboxylic acids is 1. The zero-order chi connectivity index (χ0) is 17.9. The molecule has 24 heavy (non-hydrogen) atoms. The molecular weight excluding hydrogens is 367 g/mol. The number of nitrogens with zero attached hydrogens (tertiary/aromatic N) is 1. The minimum atomic E-state index is -0.805. The number of thiophene rings is 1. The first-order valence-electron chi connectivity index (χ1n) is 7.48. The Bertz CT molecular complexity index is 718. The molecule has 0 spiro atoms. The van der Waals surface area contributed by atoms with E-state index in [-0.39, 0.29) is 5.92 Å². The predicted octanol–water partition coefficient (Wildman–Crippen LogP) is 5.48. The van der Waals surface area contributed by atoms with E-state index in [0.29, 0.717) is 5.02 Å². The molecule has 130 valence electrons. The Morgan fingerprint density at radius 2 is 2.00 bits per heavy atom. The quantitative estimate of drug-likeness (QED) is 0.714. The number of halogens is 2. The average Bonchev–Trinajstić information content (AvgIpc) is 2.89. The van der Waals surface area contributed by atoms with Crippen molar-refractivity contribution in [2.75, 3.05) is 11.9 Å². The van der Waals surface area contributed by atoms with Crippen molar-refractivity contribution in [2.45, 2.75) is 26.5 Å². The van der Waals surface area contributed by atoms with Crippen LogP contribution in [0.25, 0.3) is 0 Å². The van der Waals surface area contributed by atoms with Crippen molar-refractivity contribution in [3.63, 3.8) is 0 Å².